The molecule has 182 valence electrons. The Balaban J connectivity index is 1.16. The predicted octanol–water partition coefficient (Wildman–Crippen LogP) is 0.337. The monoisotopic (exact) mass is 477 g/mol. The second-order valence-electron chi connectivity index (χ2n) is 9.87. The number of rotatable bonds is 5. The first-order chi connectivity index (χ1) is 16.9. The molecule has 1 aromatic heterocycles. The highest BCUT2D eigenvalue weighted by Crippen LogP contribution is 2.31. The van der Waals surface area contributed by atoms with Crippen molar-refractivity contribution in [3.8, 4) is 5.69 Å². The fraction of sp³-hybridized carbons (Fsp3) is 0.500. The van der Waals surface area contributed by atoms with Crippen molar-refractivity contribution in [1.82, 2.24) is 35.0 Å². The van der Waals surface area contributed by atoms with Crippen LogP contribution in [0.25, 0.3) is 5.69 Å². The molecule has 0 bridgehead atoms. The van der Waals surface area contributed by atoms with Gasteiger partial charge in [0.15, 0.2) is 5.69 Å². The van der Waals surface area contributed by atoms with Gasteiger partial charge in [0.1, 0.15) is 6.04 Å². The maximum absolute atomic E-state index is 13.1. The molecule has 2 saturated heterocycles. The summed E-state index contributed by atoms with van der Waals surface area (Å²) in [6, 6.07) is 5.56. The van der Waals surface area contributed by atoms with Gasteiger partial charge in [-0.3, -0.25) is 29.4 Å². The molecule has 0 radical (unpaired) electrons. The molecule has 0 spiro atoms. The first kappa shape index (κ1) is 21.9. The number of benzene rings is 1. The van der Waals surface area contributed by atoms with E-state index >= 15 is 0 Å². The average Bonchev–Trinajstić information content (AvgIpc) is 3.25. The van der Waals surface area contributed by atoms with Gasteiger partial charge >= 0.3 is 0 Å². The number of hydrogen-bond donors (Lipinski definition) is 1. The number of nitrogens with one attached hydrogen (secondary N) is 1. The Kier molecular flexibility index (Phi) is 5.17. The average molecular weight is 478 g/mol. The quantitative estimate of drug-likeness (QED) is 0.617. The van der Waals surface area contributed by atoms with Crippen molar-refractivity contribution in [3.63, 3.8) is 0 Å². The Morgan fingerprint density at radius 3 is 2.74 bits per heavy atom. The third-order valence-electron chi connectivity index (χ3n) is 7.61. The van der Waals surface area contributed by atoms with E-state index in [0.717, 1.165) is 25.1 Å². The molecule has 3 aliphatic heterocycles. The van der Waals surface area contributed by atoms with Crippen LogP contribution in [0.4, 0.5) is 0 Å². The molecule has 11 heteroatoms. The number of aromatic nitrogens is 3. The summed E-state index contributed by atoms with van der Waals surface area (Å²) in [5.41, 5.74) is 2.16. The lowest BCUT2D eigenvalue weighted by molar-refractivity contribution is -0.136. The Morgan fingerprint density at radius 2 is 1.97 bits per heavy atom. The van der Waals surface area contributed by atoms with Gasteiger partial charge < -0.3 is 9.80 Å². The third-order valence-corrected chi connectivity index (χ3v) is 7.61. The highest BCUT2D eigenvalue weighted by molar-refractivity contribution is 6.05. The van der Waals surface area contributed by atoms with E-state index in [1.54, 1.807) is 17.2 Å². The summed E-state index contributed by atoms with van der Waals surface area (Å²) in [5.74, 6) is -1.17. The van der Waals surface area contributed by atoms with E-state index in [9.17, 15) is 19.2 Å². The normalized spacial score (nSPS) is 24.6. The van der Waals surface area contributed by atoms with Gasteiger partial charge in [0.25, 0.3) is 11.8 Å². The van der Waals surface area contributed by atoms with E-state index in [0.29, 0.717) is 30.3 Å². The number of nitrogens with zero attached hydrogens (tertiary/aromatic N) is 6. The molecule has 4 heterocycles. The van der Waals surface area contributed by atoms with Crippen LogP contribution in [-0.4, -0.2) is 91.6 Å². The molecule has 3 fully saturated rings. The lowest BCUT2D eigenvalue weighted by Gasteiger charge is -2.29. The largest absolute Gasteiger partial charge is 0.336 e. The van der Waals surface area contributed by atoms with Gasteiger partial charge in [0.05, 0.1) is 11.9 Å². The zero-order valence-corrected chi connectivity index (χ0v) is 19.5. The summed E-state index contributed by atoms with van der Waals surface area (Å²) >= 11 is 0. The molecule has 2 unspecified atom stereocenters. The molecule has 6 rings (SSSR count). The fourth-order valence-electron chi connectivity index (χ4n) is 5.38. The van der Waals surface area contributed by atoms with Crippen molar-refractivity contribution in [2.75, 3.05) is 20.1 Å². The van der Waals surface area contributed by atoms with Crippen molar-refractivity contribution < 1.29 is 19.2 Å². The molecule has 1 N–H and O–H groups in total. The van der Waals surface area contributed by atoms with Crippen molar-refractivity contribution in [1.29, 1.82) is 0 Å². The van der Waals surface area contributed by atoms with Crippen LogP contribution in [0.15, 0.2) is 24.4 Å². The Labute approximate surface area is 202 Å². The van der Waals surface area contributed by atoms with Crippen LogP contribution < -0.4 is 5.32 Å². The van der Waals surface area contributed by atoms with E-state index in [2.05, 4.69) is 20.5 Å². The molecular formula is C24H27N7O4. The summed E-state index contributed by atoms with van der Waals surface area (Å²) in [5, 5.41) is 10.5. The maximum Gasteiger partial charge on any atom is 0.276 e. The number of piperidine rings is 1. The van der Waals surface area contributed by atoms with E-state index in [-0.39, 0.29) is 35.9 Å². The van der Waals surface area contributed by atoms with Crippen LogP contribution in [0.1, 0.15) is 58.5 Å². The molecule has 2 atom stereocenters. The zero-order valence-electron chi connectivity index (χ0n) is 19.5. The molecule has 1 aliphatic carbocycles. The Hall–Kier alpha value is -3.60. The van der Waals surface area contributed by atoms with Gasteiger partial charge in [-0.25, -0.2) is 4.68 Å². The summed E-state index contributed by atoms with van der Waals surface area (Å²) in [6.45, 7) is 2.24. The zero-order chi connectivity index (χ0) is 24.3. The number of amides is 4. The van der Waals surface area contributed by atoms with Crippen LogP contribution in [0.5, 0.6) is 0 Å². The Bertz CT molecular complexity index is 1240. The predicted molar refractivity (Wildman–Crippen MR) is 122 cm³/mol. The number of fused-ring (bicyclic) bond motifs is 1. The first-order valence-corrected chi connectivity index (χ1v) is 12.1. The van der Waals surface area contributed by atoms with Crippen LogP contribution in [0.2, 0.25) is 0 Å². The van der Waals surface area contributed by atoms with Gasteiger partial charge in [-0.05, 0) is 43.4 Å². The topological polar surface area (TPSA) is 121 Å². The second-order valence-corrected chi connectivity index (χ2v) is 9.87. The highest BCUT2D eigenvalue weighted by Gasteiger charge is 2.40. The summed E-state index contributed by atoms with van der Waals surface area (Å²) in [4.78, 5) is 55.6. The lowest BCUT2D eigenvalue weighted by atomic mass is 10.0. The molecular weight excluding hydrogens is 450 g/mol. The van der Waals surface area contributed by atoms with Gasteiger partial charge in [0, 0.05) is 50.7 Å². The van der Waals surface area contributed by atoms with Gasteiger partial charge in [-0.2, -0.15) is 0 Å². The second kappa shape index (κ2) is 8.26. The fourth-order valence-corrected chi connectivity index (χ4v) is 5.38. The molecule has 4 amide bonds. The van der Waals surface area contributed by atoms with Crippen LogP contribution in [0.3, 0.4) is 0 Å². The van der Waals surface area contributed by atoms with Crippen LogP contribution in [-0.2, 0) is 16.1 Å². The van der Waals surface area contributed by atoms with E-state index in [4.69, 9.17) is 0 Å². The number of carbonyl (C=O) groups is 4. The minimum absolute atomic E-state index is 0.167. The third kappa shape index (κ3) is 3.89. The van der Waals surface area contributed by atoms with Crippen molar-refractivity contribution in [2.45, 2.75) is 56.8 Å². The number of hydrogen-bond acceptors (Lipinski definition) is 7. The van der Waals surface area contributed by atoms with Crippen molar-refractivity contribution in [2.24, 2.45) is 0 Å². The number of carbonyl (C=O) groups excluding carboxylic acids is 4. The smallest absolute Gasteiger partial charge is 0.276 e. The van der Waals surface area contributed by atoms with Crippen LogP contribution in [0, 0.1) is 0 Å². The van der Waals surface area contributed by atoms with E-state index in [1.165, 1.54) is 22.4 Å². The SMILES string of the molecule is CN(C(=O)c1cn(-c2ccc3c(c2)C(=O)N(C2CCC(=O)NC2=O)C3)nn1)C1CCN(C2CC2)C1. The molecule has 11 nitrogen and oxygen atoms in total. The number of likely N-dealkylation sites (N-methyl/N-ethyl adjacent to an activating group) is 1. The van der Waals surface area contributed by atoms with Crippen molar-refractivity contribution in [3.05, 3.63) is 41.2 Å². The van der Waals surface area contributed by atoms with Gasteiger partial charge in [-0.1, -0.05) is 11.3 Å². The van der Waals surface area contributed by atoms with Gasteiger partial charge in [-0.15, -0.1) is 5.10 Å². The van der Waals surface area contributed by atoms with Gasteiger partial charge in [0.2, 0.25) is 11.8 Å². The molecule has 1 aromatic carbocycles. The highest BCUT2D eigenvalue weighted by atomic mass is 16.2. The first-order valence-electron chi connectivity index (χ1n) is 12.1. The minimum Gasteiger partial charge on any atom is -0.336 e. The molecule has 2 aromatic rings. The lowest BCUT2D eigenvalue weighted by Crippen LogP contribution is -2.52. The number of imide groups is 1. The maximum atomic E-state index is 13.1. The Morgan fingerprint density at radius 1 is 1.14 bits per heavy atom. The minimum atomic E-state index is -0.659. The van der Waals surface area contributed by atoms with E-state index in [1.807, 2.05) is 19.2 Å². The summed E-state index contributed by atoms with van der Waals surface area (Å²) in [6.07, 6.45) is 5.60. The molecule has 1 saturated carbocycles. The molecule has 4 aliphatic rings. The molecule has 35 heavy (non-hydrogen) atoms. The number of likely N-dealkylation sites (tertiary alicyclic amines) is 1. The summed E-state index contributed by atoms with van der Waals surface area (Å²) in [7, 11) is 1.82. The van der Waals surface area contributed by atoms with E-state index < -0.39 is 11.9 Å². The van der Waals surface area contributed by atoms with Crippen molar-refractivity contribution >= 4 is 23.6 Å². The van der Waals surface area contributed by atoms with Crippen LogP contribution >= 0.6 is 0 Å². The standard InChI is InChI=1S/C24H27N7O4/c1-28(17-8-9-29(12-17)15-4-5-15)24(35)19-13-31(27-26-19)16-3-2-14-11-30(23(34)18(14)10-16)20-6-7-21(32)25-22(20)33/h2-3,10,13,15,17,20H,4-9,11-12H2,1H3,(H,25,32,33). The summed E-state index contributed by atoms with van der Waals surface area (Å²) < 4.78 is 1.49.